The normalized spacial score (nSPS) is 9.46. The first-order chi connectivity index (χ1) is 11.0. The molecule has 0 aromatic carbocycles. The number of rotatable bonds is 4. The van der Waals surface area contributed by atoms with E-state index in [2.05, 4.69) is 89.6 Å². The second kappa shape index (κ2) is 10.6. The van der Waals surface area contributed by atoms with Crippen LogP contribution in [-0.2, 0) is 17.1 Å². The molecule has 0 atom stereocenters. The van der Waals surface area contributed by atoms with Crippen LogP contribution in [-0.4, -0.2) is 29.3 Å². The molecule has 125 valence electrons. The van der Waals surface area contributed by atoms with Crippen LogP contribution in [0.15, 0.2) is 55.9 Å². The number of allylic oxidation sites excluding steroid dienone is 2. The minimum absolute atomic E-state index is 0. The Balaban J connectivity index is 0.000000522. The first-order valence-electron chi connectivity index (χ1n) is 6.19. The summed E-state index contributed by atoms with van der Waals surface area (Å²) in [6, 6.07) is 0. The van der Waals surface area contributed by atoms with Crippen molar-refractivity contribution in [3.63, 3.8) is 0 Å². The zero-order chi connectivity index (χ0) is 16.8. The van der Waals surface area contributed by atoms with Crippen LogP contribution in [0.3, 0.4) is 0 Å². The molecule has 0 aliphatic heterocycles. The summed E-state index contributed by atoms with van der Waals surface area (Å²) in [4.78, 5) is 0. The third kappa shape index (κ3) is 5.89. The van der Waals surface area contributed by atoms with Gasteiger partial charge in [-0.3, -0.25) is 20.6 Å². The summed E-state index contributed by atoms with van der Waals surface area (Å²) in [6.45, 7) is 8.08. The summed E-state index contributed by atoms with van der Waals surface area (Å²) in [5.74, 6) is 0. The van der Waals surface area contributed by atoms with E-state index in [4.69, 9.17) is 6.58 Å². The van der Waals surface area contributed by atoms with Gasteiger partial charge in [0.25, 0.3) is 0 Å². The van der Waals surface area contributed by atoms with Crippen molar-refractivity contribution in [3.05, 3.63) is 79.5 Å². The maximum Gasteiger partial charge on any atom is 2.00 e. The van der Waals surface area contributed by atoms with E-state index in [1.165, 1.54) is 12.2 Å². The molecule has 0 saturated heterocycles. The Morgan fingerprint density at radius 2 is 1.17 bits per heavy atom. The van der Waals surface area contributed by atoms with E-state index in [1.807, 2.05) is 18.6 Å². The molecule has 0 unspecified atom stereocenters. The monoisotopic (exact) mass is 699 g/mol. The fraction of sp³-hybridized carbons (Fsp3) is 0. The van der Waals surface area contributed by atoms with E-state index < -0.39 is 0 Å². The van der Waals surface area contributed by atoms with Crippen molar-refractivity contribution in [3.8, 4) is 0 Å². The van der Waals surface area contributed by atoms with Crippen molar-refractivity contribution in [2.75, 3.05) is 0 Å². The van der Waals surface area contributed by atoms with Crippen LogP contribution in [0.25, 0.3) is 0 Å². The topological polar surface area (TPSA) is 53.5 Å². The van der Waals surface area contributed by atoms with Crippen molar-refractivity contribution >= 4 is 67.8 Å². The smallest absolute Gasteiger partial charge is 0.293 e. The fourth-order valence-electron chi connectivity index (χ4n) is 1.55. The average molecular weight is 699 g/mol. The molecule has 0 spiro atoms. The van der Waals surface area contributed by atoms with Crippen LogP contribution in [0, 0.1) is 23.6 Å². The molecular formula is C14H11I3MnN6. The molecule has 24 heavy (non-hydrogen) atoms. The first-order valence-corrected chi connectivity index (χ1v) is 9.43. The molecule has 0 amide bonds. The van der Waals surface area contributed by atoms with Gasteiger partial charge < -0.3 is 0 Å². The molecule has 1 radical (unpaired) electrons. The van der Waals surface area contributed by atoms with Crippen LogP contribution < -0.4 is 0 Å². The van der Waals surface area contributed by atoms with Crippen LogP contribution >= 0.6 is 67.8 Å². The largest absolute Gasteiger partial charge is 2.00 e. The molecule has 3 aromatic heterocycles. The predicted molar refractivity (Wildman–Crippen MR) is 113 cm³/mol. The summed E-state index contributed by atoms with van der Waals surface area (Å²) in [5, 5.41) is 13.0. The number of hydrogen-bond acceptors (Lipinski definition) is 3. The molecule has 0 bridgehead atoms. The predicted octanol–water partition coefficient (Wildman–Crippen LogP) is 3.64. The van der Waals surface area contributed by atoms with Gasteiger partial charge in [-0.1, -0.05) is 67.8 Å². The molecule has 0 N–H and O–H groups in total. The van der Waals surface area contributed by atoms with Gasteiger partial charge in [0, 0.05) is 10.7 Å². The first kappa shape index (κ1) is 21.7. The molecular weight excluding hydrogens is 688 g/mol. The molecule has 3 aromatic rings. The van der Waals surface area contributed by atoms with Gasteiger partial charge in [0.05, 0.1) is 18.6 Å². The zero-order valence-electron chi connectivity index (χ0n) is 12.1. The van der Waals surface area contributed by atoms with Gasteiger partial charge in [-0.25, -0.2) is 12.2 Å². The molecule has 10 heteroatoms. The summed E-state index contributed by atoms with van der Waals surface area (Å²) in [7, 11) is 0. The Morgan fingerprint density at radius 3 is 1.33 bits per heavy atom. The van der Waals surface area contributed by atoms with Crippen molar-refractivity contribution < 1.29 is 17.1 Å². The third-order valence-corrected chi connectivity index (χ3v) is 4.08. The minimum Gasteiger partial charge on any atom is -0.293 e. The SMILES string of the molecule is Ic1cnn([C-](n2cc(I)cn2)n2cc(I)cn2)c1.[CH-]=CC=C.[Mn+2]. The summed E-state index contributed by atoms with van der Waals surface area (Å²) in [6.07, 6.45) is 14.8. The van der Waals surface area contributed by atoms with Crippen molar-refractivity contribution in [2.45, 2.75) is 0 Å². The quantitative estimate of drug-likeness (QED) is 0.181. The Morgan fingerprint density at radius 1 is 0.875 bits per heavy atom. The molecule has 3 heterocycles. The van der Waals surface area contributed by atoms with Crippen molar-refractivity contribution in [2.24, 2.45) is 0 Å². The molecule has 3 rings (SSSR count). The maximum absolute atomic E-state index is 4.78. The Kier molecular flexibility index (Phi) is 9.62. The standard InChI is InChI=1S/C10H6I3N6.C4H5.Mn/c11-7-1-14-17(4-7)10(18-5-8(12)2-15-18)19-6-9(13)3-16-19;1-3-4-2;/h1-6H;1,3-4H,2H2;/q2*-1;+2. The summed E-state index contributed by atoms with van der Waals surface area (Å²) >= 11 is 6.67. The van der Waals surface area contributed by atoms with E-state index in [-0.39, 0.29) is 17.1 Å². The number of aromatic nitrogens is 6. The molecule has 6 nitrogen and oxygen atoms in total. The number of hydrogen-bond donors (Lipinski definition) is 0. The van der Waals surface area contributed by atoms with Crippen LogP contribution in [0.2, 0.25) is 0 Å². The van der Waals surface area contributed by atoms with Gasteiger partial charge >= 0.3 is 17.1 Å². The summed E-state index contributed by atoms with van der Waals surface area (Å²) < 4.78 is 8.44. The van der Waals surface area contributed by atoms with Gasteiger partial charge in [0.15, 0.2) is 6.29 Å². The van der Waals surface area contributed by atoms with Gasteiger partial charge in [-0.15, -0.1) is 0 Å². The van der Waals surface area contributed by atoms with Gasteiger partial charge in [-0.2, -0.15) is 21.9 Å². The van der Waals surface area contributed by atoms with Gasteiger partial charge in [-0.05, 0) is 18.6 Å². The zero-order valence-corrected chi connectivity index (χ0v) is 19.8. The minimum atomic E-state index is 0. The Bertz CT molecular complexity index is 692. The van der Waals surface area contributed by atoms with E-state index in [9.17, 15) is 0 Å². The maximum atomic E-state index is 4.78. The second-order valence-electron chi connectivity index (χ2n) is 4.04. The van der Waals surface area contributed by atoms with Crippen molar-refractivity contribution in [1.82, 2.24) is 29.3 Å². The van der Waals surface area contributed by atoms with Gasteiger partial charge in [0.1, 0.15) is 0 Å². The molecule has 0 saturated carbocycles. The fourth-order valence-corrected chi connectivity index (χ4v) is 2.71. The van der Waals surface area contributed by atoms with Crippen LogP contribution in [0.1, 0.15) is 0 Å². The molecule has 0 aliphatic rings. The Hall–Kier alpha value is -0.311. The van der Waals surface area contributed by atoms with Crippen LogP contribution in [0.5, 0.6) is 0 Å². The second-order valence-corrected chi connectivity index (χ2v) is 7.77. The third-order valence-electron chi connectivity index (χ3n) is 2.40. The number of nitrogens with zero attached hydrogens (tertiary/aromatic N) is 6. The van der Waals surface area contributed by atoms with E-state index >= 15 is 0 Å². The van der Waals surface area contributed by atoms with E-state index in [0.29, 0.717) is 0 Å². The average Bonchev–Trinajstić information content (AvgIpc) is 3.24. The molecule has 0 aliphatic carbocycles. The van der Waals surface area contributed by atoms with E-state index in [0.717, 1.165) is 17.0 Å². The number of halogens is 3. The van der Waals surface area contributed by atoms with Crippen molar-refractivity contribution in [1.29, 1.82) is 0 Å². The van der Waals surface area contributed by atoms with Gasteiger partial charge in [0.2, 0.25) is 0 Å². The molecule has 0 fully saturated rings. The van der Waals surface area contributed by atoms with Crippen LogP contribution in [0.4, 0.5) is 0 Å². The Labute approximate surface area is 191 Å². The van der Waals surface area contributed by atoms with E-state index in [1.54, 1.807) is 32.6 Å². The summed E-state index contributed by atoms with van der Waals surface area (Å²) in [5.41, 5.74) is 0.